The van der Waals surface area contributed by atoms with E-state index in [1.807, 2.05) is 20.8 Å². The maximum atomic E-state index is 12.8. The van der Waals surface area contributed by atoms with Gasteiger partial charge in [-0.2, -0.15) is 0 Å². The third kappa shape index (κ3) is 5.70. The number of allylic oxidation sites excluding steroid dienone is 1. The second-order valence-electron chi connectivity index (χ2n) is 11.2. The molecule has 2 heterocycles. The van der Waals surface area contributed by atoms with Crippen LogP contribution in [0, 0.1) is 6.92 Å². The summed E-state index contributed by atoms with van der Waals surface area (Å²) in [5.41, 5.74) is 5.96. The van der Waals surface area contributed by atoms with E-state index in [0.29, 0.717) is 69.8 Å². The van der Waals surface area contributed by atoms with E-state index in [4.69, 9.17) is 37.8 Å². The molecule has 12 heteroatoms. The van der Waals surface area contributed by atoms with E-state index < -0.39 is 6.10 Å². The lowest BCUT2D eigenvalue weighted by molar-refractivity contribution is -0.00766. The van der Waals surface area contributed by atoms with Crippen LogP contribution in [0.15, 0.2) is 73.1 Å². The van der Waals surface area contributed by atoms with Crippen LogP contribution in [-0.2, 0) is 9.47 Å². The Hall–Kier alpha value is -5.20. The zero-order valence-electron chi connectivity index (χ0n) is 27.2. The van der Waals surface area contributed by atoms with Gasteiger partial charge in [-0.1, -0.05) is 0 Å². The highest BCUT2D eigenvalue weighted by Crippen LogP contribution is 2.42. The van der Waals surface area contributed by atoms with E-state index in [-0.39, 0.29) is 29.6 Å². The van der Waals surface area contributed by atoms with Crippen molar-refractivity contribution < 1.29 is 37.6 Å². The molecule has 0 saturated heterocycles. The monoisotopic (exact) mass is 641 g/mol. The quantitative estimate of drug-likeness (QED) is 0.134. The number of nitrogens with zero attached hydrogens (tertiary/aromatic N) is 2. The van der Waals surface area contributed by atoms with Gasteiger partial charge in [-0.15, -0.1) is 0 Å². The van der Waals surface area contributed by atoms with Crippen molar-refractivity contribution >= 4 is 28.4 Å². The minimum absolute atomic E-state index is 0.0734. The molecule has 47 heavy (non-hydrogen) atoms. The highest BCUT2D eigenvalue weighted by molar-refractivity contribution is 6.15. The Balaban J connectivity index is 1.21. The maximum absolute atomic E-state index is 12.8. The lowest BCUT2D eigenvalue weighted by atomic mass is 9.88. The number of hydrogen-bond acceptors (Lipinski definition) is 11. The molecular weight excluding hydrogens is 606 g/mol. The number of nitrogens with one attached hydrogen (secondary N) is 1. The van der Waals surface area contributed by atoms with Gasteiger partial charge in [-0.05, 0) is 69.2 Å². The summed E-state index contributed by atoms with van der Waals surface area (Å²) in [7, 11) is 4.44. The summed E-state index contributed by atoms with van der Waals surface area (Å²) in [6, 6.07) is 10.4. The SMILES string of the molecule is COCCNC(=O)c1ccc2c(c1)OC1=C(C)C(OCOc3ccc4nc5c(OC)c(OC)c(=O)c(C)c-5oc4c3)C(C)=C(C)C1=N2. The minimum atomic E-state index is -0.428. The molecule has 4 aliphatic rings. The number of fused-ring (bicyclic) bond motifs is 4. The Morgan fingerprint density at radius 3 is 2.51 bits per heavy atom. The van der Waals surface area contributed by atoms with E-state index in [1.54, 1.807) is 50.4 Å². The van der Waals surface area contributed by atoms with Crippen LogP contribution in [0.1, 0.15) is 36.7 Å². The second kappa shape index (κ2) is 12.9. The maximum Gasteiger partial charge on any atom is 0.251 e. The normalized spacial score (nSPS) is 15.6. The van der Waals surface area contributed by atoms with E-state index in [0.717, 1.165) is 22.4 Å². The molecule has 2 aromatic rings. The van der Waals surface area contributed by atoms with Crippen LogP contribution in [-0.4, -0.2) is 64.0 Å². The molecule has 1 atom stereocenters. The van der Waals surface area contributed by atoms with E-state index >= 15 is 0 Å². The first-order valence-electron chi connectivity index (χ1n) is 15.0. The van der Waals surface area contributed by atoms with Crippen molar-refractivity contribution in [3.05, 3.63) is 80.2 Å². The first kappa shape index (κ1) is 31.8. The molecule has 1 unspecified atom stereocenters. The molecule has 6 rings (SSSR count). The topological polar surface area (TPSA) is 140 Å². The molecular formula is C35H35N3O9. The van der Waals surface area contributed by atoms with Crippen LogP contribution in [0.3, 0.4) is 0 Å². The van der Waals surface area contributed by atoms with Gasteiger partial charge in [0.05, 0.1) is 20.8 Å². The first-order valence-corrected chi connectivity index (χ1v) is 15.0. The third-order valence-electron chi connectivity index (χ3n) is 8.33. The lowest BCUT2D eigenvalue weighted by Crippen LogP contribution is -2.31. The van der Waals surface area contributed by atoms with Crippen molar-refractivity contribution in [3.63, 3.8) is 0 Å². The van der Waals surface area contributed by atoms with Crippen molar-refractivity contribution in [1.29, 1.82) is 0 Å². The summed E-state index contributed by atoms with van der Waals surface area (Å²) >= 11 is 0. The van der Waals surface area contributed by atoms with Crippen molar-refractivity contribution in [3.8, 4) is 34.5 Å². The number of aliphatic imine (C=N–C) groups is 1. The molecule has 1 N–H and O–H groups in total. The summed E-state index contributed by atoms with van der Waals surface area (Å²) < 4.78 is 40.4. The fourth-order valence-electron chi connectivity index (χ4n) is 5.65. The van der Waals surface area contributed by atoms with E-state index in [9.17, 15) is 9.59 Å². The van der Waals surface area contributed by atoms with Gasteiger partial charge < -0.3 is 38.2 Å². The predicted molar refractivity (Wildman–Crippen MR) is 175 cm³/mol. The Labute approximate surface area is 270 Å². The summed E-state index contributed by atoms with van der Waals surface area (Å²) in [5, 5.41) is 2.82. The van der Waals surface area contributed by atoms with Crippen LogP contribution in [0.2, 0.25) is 0 Å². The van der Waals surface area contributed by atoms with Crippen molar-refractivity contribution in [1.82, 2.24) is 10.3 Å². The zero-order valence-corrected chi connectivity index (χ0v) is 27.2. The largest absolute Gasteiger partial charge is 0.491 e. The van der Waals surface area contributed by atoms with Crippen molar-refractivity contribution in [2.45, 2.75) is 33.8 Å². The second-order valence-corrected chi connectivity index (χ2v) is 11.2. The molecule has 0 aromatic heterocycles. The highest BCUT2D eigenvalue weighted by Gasteiger charge is 2.34. The molecule has 0 spiro atoms. The smallest absolute Gasteiger partial charge is 0.251 e. The number of benzene rings is 3. The minimum Gasteiger partial charge on any atom is -0.491 e. The van der Waals surface area contributed by atoms with Crippen LogP contribution in [0.25, 0.3) is 22.6 Å². The number of rotatable bonds is 10. The predicted octanol–water partition coefficient (Wildman–Crippen LogP) is 5.51. The number of carbonyl (C=O) groups excluding carboxylic acids is 1. The molecule has 2 aliphatic carbocycles. The summed E-state index contributed by atoms with van der Waals surface area (Å²) in [4.78, 5) is 35.0. The molecule has 12 nitrogen and oxygen atoms in total. The van der Waals surface area contributed by atoms with Gasteiger partial charge in [0, 0.05) is 36.4 Å². The van der Waals surface area contributed by atoms with Crippen molar-refractivity contribution in [2.24, 2.45) is 4.99 Å². The molecule has 244 valence electrons. The van der Waals surface area contributed by atoms with Gasteiger partial charge in [-0.25, -0.2) is 9.98 Å². The first-order chi connectivity index (χ1) is 22.7. The van der Waals surface area contributed by atoms with Gasteiger partial charge in [0.15, 0.2) is 41.1 Å². The standard InChI is InChI=1S/C35H35N3O9/c1-17-18(2)30(20(4)32-27(17)37-23-10-8-21(14-25(23)46-32)35(40)36-12-13-41-5)45-16-44-22-9-11-24-26(15-22)47-31-19(3)29(39)34(43-7)33(42-6)28(31)38-24/h8-11,14-15,30H,12-13,16H2,1-7H3,(H,36,40). The third-order valence-corrected chi connectivity index (χ3v) is 8.33. The van der Waals surface area contributed by atoms with Crippen LogP contribution in [0.4, 0.5) is 5.69 Å². The van der Waals surface area contributed by atoms with Crippen LogP contribution >= 0.6 is 0 Å². The Bertz CT molecular complexity index is 2020. The average Bonchev–Trinajstić information content (AvgIpc) is 3.08. The molecule has 2 aromatic carbocycles. The number of hydrogen-bond donors (Lipinski definition) is 1. The van der Waals surface area contributed by atoms with Gasteiger partial charge in [0.25, 0.3) is 5.91 Å². The van der Waals surface area contributed by atoms with E-state index in [1.165, 1.54) is 14.2 Å². The van der Waals surface area contributed by atoms with Crippen molar-refractivity contribution in [2.75, 3.05) is 41.3 Å². The molecule has 0 fully saturated rings. The Morgan fingerprint density at radius 1 is 0.979 bits per heavy atom. The van der Waals surface area contributed by atoms with Crippen LogP contribution in [0.5, 0.6) is 23.0 Å². The fraction of sp³-hybridized carbons (Fsp3) is 0.314. The number of ether oxygens (including phenoxy) is 6. The highest BCUT2D eigenvalue weighted by atomic mass is 16.7. The molecule has 0 radical (unpaired) electrons. The lowest BCUT2D eigenvalue weighted by Gasteiger charge is -2.32. The molecule has 1 amide bonds. The van der Waals surface area contributed by atoms with Gasteiger partial charge >= 0.3 is 0 Å². The summed E-state index contributed by atoms with van der Waals surface area (Å²) in [5.74, 6) is 1.94. The van der Waals surface area contributed by atoms with Gasteiger partial charge in [0.2, 0.25) is 11.2 Å². The molecule has 0 bridgehead atoms. The summed E-state index contributed by atoms with van der Waals surface area (Å²) in [6.07, 6.45) is -0.428. The van der Waals surface area contributed by atoms with Crippen LogP contribution < -0.4 is 29.7 Å². The zero-order chi connectivity index (χ0) is 33.4. The number of amides is 1. The number of carbonyl (C=O) groups is 1. The van der Waals surface area contributed by atoms with E-state index in [2.05, 4.69) is 10.3 Å². The number of aromatic nitrogens is 1. The Kier molecular flexibility index (Phi) is 8.71. The van der Waals surface area contributed by atoms with Gasteiger partial charge in [0.1, 0.15) is 28.8 Å². The summed E-state index contributed by atoms with van der Waals surface area (Å²) in [6.45, 7) is 8.30. The Morgan fingerprint density at radius 2 is 1.77 bits per heavy atom. The average molecular weight is 642 g/mol. The molecule has 2 aliphatic heterocycles. The van der Waals surface area contributed by atoms with Gasteiger partial charge in [-0.3, -0.25) is 9.59 Å². The molecule has 0 saturated carbocycles. The number of methoxy groups -OCH3 is 3. The fourth-order valence-corrected chi connectivity index (χ4v) is 5.65.